The fourth-order valence-corrected chi connectivity index (χ4v) is 2.05. The molecule has 0 amide bonds. The smallest absolute Gasteiger partial charge is 0.168 e. The van der Waals surface area contributed by atoms with E-state index in [1.165, 1.54) is 12.8 Å². The molecule has 0 aromatic carbocycles. The van der Waals surface area contributed by atoms with Gasteiger partial charge in [0.15, 0.2) is 5.11 Å². The van der Waals surface area contributed by atoms with Gasteiger partial charge in [-0.05, 0) is 50.7 Å². The van der Waals surface area contributed by atoms with Gasteiger partial charge in [-0.3, -0.25) is 0 Å². The zero-order valence-electron chi connectivity index (χ0n) is 11.2. The fourth-order valence-electron chi connectivity index (χ4n) is 1.78. The van der Waals surface area contributed by atoms with Crippen molar-refractivity contribution >= 4 is 17.3 Å². The van der Waals surface area contributed by atoms with Crippen molar-refractivity contribution in [2.75, 3.05) is 32.8 Å². The summed E-state index contributed by atoms with van der Waals surface area (Å²) in [4.78, 5) is 2.33. The molecule has 0 saturated heterocycles. The fraction of sp³-hybridized carbons (Fsp3) is 0.923. The van der Waals surface area contributed by atoms with Crippen LogP contribution in [0.15, 0.2) is 0 Å². The Hall–Kier alpha value is -0.350. The molecular formula is C13H26N2OS. The van der Waals surface area contributed by atoms with Crippen molar-refractivity contribution in [2.45, 2.75) is 39.5 Å². The van der Waals surface area contributed by atoms with E-state index < -0.39 is 0 Å². The van der Waals surface area contributed by atoms with Gasteiger partial charge < -0.3 is 15.0 Å². The number of nitrogens with zero attached hydrogens (tertiary/aromatic N) is 1. The molecule has 0 heterocycles. The maximum atomic E-state index is 5.44. The number of thiocarbonyl (C=S) groups is 1. The SMILES string of the molecule is CCCN(CC1CC1)C(=S)NCCCOCC. The normalized spacial score (nSPS) is 14.7. The van der Waals surface area contributed by atoms with Crippen LogP contribution in [-0.4, -0.2) is 42.9 Å². The molecule has 0 aliphatic heterocycles. The standard InChI is InChI=1S/C13H26N2OS/c1-3-9-15(11-12-6-7-12)13(17)14-8-5-10-16-4-2/h12H,3-11H2,1-2H3,(H,14,17). The van der Waals surface area contributed by atoms with Gasteiger partial charge in [-0.1, -0.05) is 6.92 Å². The number of nitrogens with one attached hydrogen (secondary N) is 1. The molecule has 1 saturated carbocycles. The van der Waals surface area contributed by atoms with Gasteiger partial charge in [0, 0.05) is 32.8 Å². The van der Waals surface area contributed by atoms with Gasteiger partial charge in [0.2, 0.25) is 0 Å². The van der Waals surface area contributed by atoms with Crippen molar-refractivity contribution in [3.8, 4) is 0 Å². The molecular weight excluding hydrogens is 232 g/mol. The summed E-state index contributed by atoms with van der Waals surface area (Å²) in [5, 5.41) is 4.26. The van der Waals surface area contributed by atoms with Crippen LogP contribution in [0.2, 0.25) is 0 Å². The lowest BCUT2D eigenvalue weighted by atomic mass is 10.3. The van der Waals surface area contributed by atoms with Crippen LogP contribution < -0.4 is 5.32 Å². The molecule has 0 atom stereocenters. The van der Waals surface area contributed by atoms with Crippen molar-refractivity contribution in [2.24, 2.45) is 5.92 Å². The molecule has 1 fully saturated rings. The molecule has 1 N–H and O–H groups in total. The summed E-state index contributed by atoms with van der Waals surface area (Å²) in [6.45, 7) is 8.99. The Bertz CT molecular complexity index is 219. The number of rotatable bonds is 9. The highest BCUT2D eigenvalue weighted by Gasteiger charge is 2.24. The topological polar surface area (TPSA) is 24.5 Å². The maximum absolute atomic E-state index is 5.44. The van der Waals surface area contributed by atoms with Crippen LogP contribution in [0.1, 0.15) is 39.5 Å². The van der Waals surface area contributed by atoms with Gasteiger partial charge in [0.05, 0.1) is 0 Å². The lowest BCUT2D eigenvalue weighted by molar-refractivity contribution is 0.145. The van der Waals surface area contributed by atoms with Crippen molar-refractivity contribution in [1.29, 1.82) is 0 Å². The Morgan fingerprint density at radius 2 is 2.18 bits per heavy atom. The Morgan fingerprint density at radius 3 is 2.76 bits per heavy atom. The summed E-state index contributed by atoms with van der Waals surface area (Å²) >= 11 is 5.44. The van der Waals surface area contributed by atoms with Gasteiger partial charge in [-0.2, -0.15) is 0 Å². The van der Waals surface area contributed by atoms with E-state index in [-0.39, 0.29) is 0 Å². The van der Waals surface area contributed by atoms with E-state index in [2.05, 4.69) is 17.1 Å². The van der Waals surface area contributed by atoms with E-state index in [9.17, 15) is 0 Å². The first-order chi connectivity index (χ1) is 8.27. The lowest BCUT2D eigenvalue weighted by Crippen LogP contribution is -2.41. The quantitative estimate of drug-likeness (QED) is 0.507. The monoisotopic (exact) mass is 258 g/mol. The van der Waals surface area contributed by atoms with Crippen LogP contribution >= 0.6 is 12.2 Å². The van der Waals surface area contributed by atoms with Gasteiger partial charge in [0.1, 0.15) is 0 Å². The second kappa shape index (κ2) is 8.70. The molecule has 0 spiro atoms. The Balaban J connectivity index is 2.12. The predicted molar refractivity (Wildman–Crippen MR) is 76.3 cm³/mol. The van der Waals surface area contributed by atoms with Crippen molar-refractivity contribution in [3.05, 3.63) is 0 Å². The zero-order valence-corrected chi connectivity index (χ0v) is 12.0. The summed E-state index contributed by atoms with van der Waals surface area (Å²) in [7, 11) is 0. The first-order valence-corrected chi connectivity index (χ1v) is 7.29. The van der Waals surface area contributed by atoms with E-state index in [0.29, 0.717) is 0 Å². The Labute approximate surface area is 111 Å². The molecule has 0 bridgehead atoms. The number of ether oxygens (including phenoxy) is 1. The molecule has 4 heteroatoms. The van der Waals surface area contributed by atoms with E-state index in [0.717, 1.165) is 56.7 Å². The molecule has 1 aliphatic carbocycles. The van der Waals surface area contributed by atoms with Crippen LogP contribution in [0, 0.1) is 5.92 Å². The summed E-state index contributed by atoms with van der Waals surface area (Å²) < 4.78 is 5.30. The van der Waals surface area contributed by atoms with E-state index in [4.69, 9.17) is 17.0 Å². The minimum absolute atomic E-state index is 0.800. The van der Waals surface area contributed by atoms with E-state index in [1.807, 2.05) is 6.92 Å². The van der Waals surface area contributed by atoms with Gasteiger partial charge in [0.25, 0.3) is 0 Å². The average molecular weight is 258 g/mol. The molecule has 1 rings (SSSR count). The van der Waals surface area contributed by atoms with Crippen molar-refractivity contribution < 1.29 is 4.74 Å². The number of hydrogen-bond donors (Lipinski definition) is 1. The predicted octanol–water partition coefficient (Wildman–Crippen LogP) is 2.41. The summed E-state index contributed by atoms with van der Waals surface area (Å²) in [6, 6.07) is 0. The summed E-state index contributed by atoms with van der Waals surface area (Å²) in [6.07, 6.45) is 4.95. The third kappa shape index (κ3) is 6.84. The molecule has 100 valence electrons. The summed E-state index contributed by atoms with van der Waals surface area (Å²) in [5.41, 5.74) is 0. The molecule has 1 aliphatic rings. The van der Waals surface area contributed by atoms with Crippen molar-refractivity contribution in [3.63, 3.8) is 0 Å². The second-order valence-electron chi connectivity index (χ2n) is 4.67. The van der Waals surface area contributed by atoms with Gasteiger partial charge in [-0.15, -0.1) is 0 Å². The van der Waals surface area contributed by atoms with Crippen LogP contribution in [0.3, 0.4) is 0 Å². The van der Waals surface area contributed by atoms with Crippen LogP contribution in [0.4, 0.5) is 0 Å². The molecule has 0 unspecified atom stereocenters. The third-order valence-electron chi connectivity index (χ3n) is 2.90. The molecule has 0 radical (unpaired) electrons. The van der Waals surface area contributed by atoms with E-state index >= 15 is 0 Å². The van der Waals surface area contributed by atoms with Crippen LogP contribution in [-0.2, 0) is 4.74 Å². The highest BCUT2D eigenvalue weighted by Crippen LogP contribution is 2.29. The van der Waals surface area contributed by atoms with Crippen LogP contribution in [0.5, 0.6) is 0 Å². The van der Waals surface area contributed by atoms with Gasteiger partial charge >= 0.3 is 0 Å². The third-order valence-corrected chi connectivity index (χ3v) is 3.30. The molecule has 0 aromatic heterocycles. The minimum atomic E-state index is 0.800. The summed E-state index contributed by atoms with van der Waals surface area (Å²) in [5.74, 6) is 0.893. The highest BCUT2D eigenvalue weighted by atomic mass is 32.1. The average Bonchev–Trinajstić information content (AvgIpc) is 3.12. The molecule has 0 aromatic rings. The highest BCUT2D eigenvalue weighted by molar-refractivity contribution is 7.80. The van der Waals surface area contributed by atoms with Crippen molar-refractivity contribution in [1.82, 2.24) is 10.2 Å². The minimum Gasteiger partial charge on any atom is -0.382 e. The Morgan fingerprint density at radius 1 is 1.41 bits per heavy atom. The number of hydrogen-bond acceptors (Lipinski definition) is 2. The molecule has 17 heavy (non-hydrogen) atoms. The first kappa shape index (κ1) is 14.7. The van der Waals surface area contributed by atoms with Gasteiger partial charge in [-0.25, -0.2) is 0 Å². The second-order valence-corrected chi connectivity index (χ2v) is 5.06. The maximum Gasteiger partial charge on any atom is 0.168 e. The first-order valence-electron chi connectivity index (χ1n) is 6.88. The zero-order chi connectivity index (χ0) is 12.5. The van der Waals surface area contributed by atoms with Crippen LogP contribution in [0.25, 0.3) is 0 Å². The van der Waals surface area contributed by atoms with E-state index in [1.54, 1.807) is 0 Å². The molecule has 3 nitrogen and oxygen atoms in total. The largest absolute Gasteiger partial charge is 0.382 e. The lowest BCUT2D eigenvalue weighted by Gasteiger charge is -2.25. The Kier molecular flexibility index (Phi) is 7.53.